The molecule has 1 aromatic carbocycles. The van der Waals surface area contributed by atoms with E-state index in [0.29, 0.717) is 16.1 Å². The normalized spacial score (nSPS) is 20.6. The standard InChI is InChI=1S/C12H16Cl2N2/c1-16(10-4-5-15-7-10)8-9-2-3-11(13)12(14)6-9/h2-3,6,10,15H,4-5,7-8H2,1H3. The van der Waals surface area contributed by atoms with Gasteiger partial charge in [0.2, 0.25) is 0 Å². The summed E-state index contributed by atoms with van der Waals surface area (Å²) in [4.78, 5) is 2.36. The molecule has 4 heteroatoms. The van der Waals surface area contributed by atoms with Crippen LogP contribution in [0.1, 0.15) is 12.0 Å². The van der Waals surface area contributed by atoms with E-state index in [-0.39, 0.29) is 0 Å². The summed E-state index contributed by atoms with van der Waals surface area (Å²) in [6.45, 7) is 3.12. The van der Waals surface area contributed by atoms with Crippen molar-refractivity contribution in [3.63, 3.8) is 0 Å². The molecule has 0 amide bonds. The number of hydrogen-bond acceptors (Lipinski definition) is 2. The molecule has 1 unspecified atom stereocenters. The van der Waals surface area contributed by atoms with Crippen molar-refractivity contribution in [2.24, 2.45) is 0 Å². The molecule has 1 aromatic rings. The van der Waals surface area contributed by atoms with E-state index in [2.05, 4.69) is 17.3 Å². The zero-order valence-electron chi connectivity index (χ0n) is 9.34. The van der Waals surface area contributed by atoms with Crippen LogP contribution in [0.15, 0.2) is 18.2 Å². The summed E-state index contributed by atoms with van der Waals surface area (Å²) in [5.74, 6) is 0. The average Bonchev–Trinajstić information content (AvgIpc) is 2.77. The topological polar surface area (TPSA) is 15.3 Å². The Balaban J connectivity index is 1.99. The highest BCUT2D eigenvalue weighted by molar-refractivity contribution is 6.42. The lowest BCUT2D eigenvalue weighted by atomic mass is 10.1. The third kappa shape index (κ3) is 2.89. The number of nitrogens with zero attached hydrogens (tertiary/aromatic N) is 1. The highest BCUT2D eigenvalue weighted by Gasteiger charge is 2.19. The molecule has 0 saturated carbocycles. The van der Waals surface area contributed by atoms with Gasteiger partial charge in [-0.05, 0) is 37.7 Å². The summed E-state index contributed by atoms with van der Waals surface area (Å²) in [6.07, 6.45) is 1.22. The second kappa shape index (κ2) is 5.37. The number of hydrogen-bond donors (Lipinski definition) is 1. The van der Waals surface area contributed by atoms with Crippen LogP contribution in [0.4, 0.5) is 0 Å². The minimum absolute atomic E-state index is 0.621. The van der Waals surface area contributed by atoms with E-state index in [1.54, 1.807) is 0 Å². The Labute approximate surface area is 107 Å². The molecule has 0 radical (unpaired) electrons. The summed E-state index contributed by atoms with van der Waals surface area (Å²) < 4.78 is 0. The van der Waals surface area contributed by atoms with Gasteiger partial charge in [-0.2, -0.15) is 0 Å². The van der Waals surface area contributed by atoms with Crippen molar-refractivity contribution >= 4 is 23.2 Å². The van der Waals surface area contributed by atoms with Crippen LogP contribution in [0.3, 0.4) is 0 Å². The first kappa shape index (κ1) is 12.2. The zero-order valence-corrected chi connectivity index (χ0v) is 10.9. The maximum Gasteiger partial charge on any atom is 0.0595 e. The summed E-state index contributed by atoms with van der Waals surface area (Å²) in [5.41, 5.74) is 1.21. The molecule has 0 aromatic heterocycles. The Morgan fingerprint density at radius 3 is 2.81 bits per heavy atom. The van der Waals surface area contributed by atoms with E-state index in [4.69, 9.17) is 23.2 Å². The van der Waals surface area contributed by atoms with Crippen molar-refractivity contribution in [2.45, 2.75) is 19.0 Å². The third-order valence-electron chi connectivity index (χ3n) is 3.07. The average molecular weight is 259 g/mol. The fraction of sp³-hybridized carbons (Fsp3) is 0.500. The fourth-order valence-corrected chi connectivity index (χ4v) is 2.39. The number of likely N-dealkylation sites (N-methyl/N-ethyl adjacent to an activating group) is 1. The molecule has 1 aliphatic rings. The van der Waals surface area contributed by atoms with Gasteiger partial charge in [-0.1, -0.05) is 29.3 Å². The molecule has 2 rings (SSSR count). The molecule has 16 heavy (non-hydrogen) atoms. The Morgan fingerprint density at radius 1 is 1.38 bits per heavy atom. The molecule has 1 aliphatic heterocycles. The van der Waals surface area contributed by atoms with Crippen LogP contribution in [-0.4, -0.2) is 31.1 Å². The highest BCUT2D eigenvalue weighted by atomic mass is 35.5. The highest BCUT2D eigenvalue weighted by Crippen LogP contribution is 2.23. The maximum absolute atomic E-state index is 5.99. The second-order valence-corrected chi connectivity index (χ2v) is 5.12. The van der Waals surface area contributed by atoms with E-state index in [0.717, 1.165) is 19.6 Å². The van der Waals surface area contributed by atoms with Gasteiger partial charge in [0.1, 0.15) is 0 Å². The summed E-state index contributed by atoms with van der Waals surface area (Å²) in [6, 6.07) is 6.48. The lowest BCUT2D eigenvalue weighted by Gasteiger charge is -2.23. The van der Waals surface area contributed by atoms with Crippen molar-refractivity contribution in [3.05, 3.63) is 33.8 Å². The number of rotatable bonds is 3. The Hall–Kier alpha value is -0.280. The van der Waals surface area contributed by atoms with Crippen molar-refractivity contribution in [1.82, 2.24) is 10.2 Å². The fourth-order valence-electron chi connectivity index (χ4n) is 2.07. The Kier molecular flexibility index (Phi) is 4.09. The van der Waals surface area contributed by atoms with E-state index in [9.17, 15) is 0 Å². The predicted molar refractivity (Wildman–Crippen MR) is 69.2 cm³/mol. The molecule has 1 heterocycles. The predicted octanol–water partition coefficient (Wildman–Crippen LogP) is 2.79. The monoisotopic (exact) mass is 258 g/mol. The van der Waals surface area contributed by atoms with E-state index < -0.39 is 0 Å². The lowest BCUT2D eigenvalue weighted by molar-refractivity contribution is 0.249. The van der Waals surface area contributed by atoms with Crippen LogP contribution in [0, 0.1) is 0 Å². The largest absolute Gasteiger partial charge is 0.315 e. The third-order valence-corrected chi connectivity index (χ3v) is 3.81. The molecule has 1 fully saturated rings. The molecule has 0 bridgehead atoms. The van der Waals surface area contributed by atoms with Gasteiger partial charge < -0.3 is 5.32 Å². The second-order valence-electron chi connectivity index (χ2n) is 4.31. The van der Waals surface area contributed by atoms with Gasteiger partial charge in [-0.25, -0.2) is 0 Å². The number of nitrogens with one attached hydrogen (secondary N) is 1. The Morgan fingerprint density at radius 2 is 2.19 bits per heavy atom. The Bertz CT molecular complexity index is 362. The van der Waals surface area contributed by atoms with Gasteiger partial charge in [-0.3, -0.25) is 4.90 Å². The van der Waals surface area contributed by atoms with Crippen LogP contribution in [0.25, 0.3) is 0 Å². The minimum atomic E-state index is 0.621. The van der Waals surface area contributed by atoms with Crippen LogP contribution in [0.5, 0.6) is 0 Å². The number of halogens is 2. The van der Waals surface area contributed by atoms with E-state index in [1.807, 2.05) is 18.2 Å². The zero-order chi connectivity index (χ0) is 11.5. The van der Waals surface area contributed by atoms with Crippen molar-refractivity contribution in [3.8, 4) is 0 Å². The van der Waals surface area contributed by atoms with Crippen LogP contribution in [0.2, 0.25) is 10.0 Å². The first-order chi connectivity index (χ1) is 7.66. The summed E-state index contributed by atoms with van der Waals surface area (Å²) in [5, 5.41) is 4.63. The summed E-state index contributed by atoms with van der Waals surface area (Å²) >= 11 is 11.9. The molecule has 1 atom stereocenters. The van der Waals surface area contributed by atoms with Gasteiger partial charge in [0.05, 0.1) is 10.0 Å². The molecule has 0 aliphatic carbocycles. The van der Waals surface area contributed by atoms with Crippen LogP contribution >= 0.6 is 23.2 Å². The molecule has 0 spiro atoms. The first-order valence-corrected chi connectivity index (χ1v) is 6.27. The van der Waals surface area contributed by atoms with E-state index in [1.165, 1.54) is 12.0 Å². The van der Waals surface area contributed by atoms with Crippen molar-refractivity contribution in [1.29, 1.82) is 0 Å². The van der Waals surface area contributed by atoms with Crippen LogP contribution < -0.4 is 5.32 Å². The maximum atomic E-state index is 5.99. The van der Waals surface area contributed by atoms with Gasteiger partial charge in [0, 0.05) is 19.1 Å². The van der Waals surface area contributed by atoms with Crippen molar-refractivity contribution < 1.29 is 0 Å². The van der Waals surface area contributed by atoms with E-state index >= 15 is 0 Å². The van der Waals surface area contributed by atoms with Crippen LogP contribution in [-0.2, 0) is 6.54 Å². The number of benzene rings is 1. The molecular weight excluding hydrogens is 243 g/mol. The molecule has 1 N–H and O–H groups in total. The van der Waals surface area contributed by atoms with Gasteiger partial charge in [0.15, 0.2) is 0 Å². The first-order valence-electron chi connectivity index (χ1n) is 5.51. The van der Waals surface area contributed by atoms with Gasteiger partial charge in [0.25, 0.3) is 0 Å². The van der Waals surface area contributed by atoms with Crippen molar-refractivity contribution in [2.75, 3.05) is 20.1 Å². The smallest absolute Gasteiger partial charge is 0.0595 e. The summed E-state index contributed by atoms with van der Waals surface area (Å²) in [7, 11) is 2.15. The molecule has 88 valence electrons. The molecule has 2 nitrogen and oxygen atoms in total. The molecule has 1 saturated heterocycles. The van der Waals surface area contributed by atoms with Gasteiger partial charge >= 0.3 is 0 Å². The lowest BCUT2D eigenvalue weighted by Crippen LogP contribution is -2.32. The SMILES string of the molecule is CN(Cc1ccc(Cl)c(Cl)c1)C1CCNC1. The van der Waals surface area contributed by atoms with Gasteiger partial charge in [-0.15, -0.1) is 0 Å². The molecular formula is C12H16Cl2N2. The quantitative estimate of drug-likeness (QED) is 0.897. The minimum Gasteiger partial charge on any atom is -0.315 e.